The summed E-state index contributed by atoms with van der Waals surface area (Å²) in [5.41, 5.74) is 7.87. The molecule has 2 heterocycles. The van der Waals surface area contributed by atoms with Gasteiger partial charge in [-0.3, -0.25) is 14.2 Å². The number of fused-ring (bicyclic) bond motifs is 1. The van der Waals surface area contributed by atoms with Gasteiger partial charge in [-0.25, -0.2) is 4.79 Å². The number of hydrogen-bond donors (Lipinski definition) is 4. The predicted molar refractivity (Wildman–Crippen MR) is 114 cm³/mol. The Morgan fingerprint density at radius 1 is 1.16 bits per heavy atom. The number of methoxy groups -OCH3 is 1. The van der Waals surface area contributed by atoms with E-state index < -0.39 is 5.97 Å². The third kappa shape index (κ3) is 5.82. The number of anilines is 1. The second-order valence-corrected chi connectivity index (χ2v) is 6.93. The molecular weight excluding hydrogens is 420 g/mol. The van der Waals surface area contributed by atoms with Crippen LogP contribution in [0.3, 0.4) is 0 Å². The standard InChI is InChI=1S/C20H24N6O6/c1-31-8-9-32-19-24-17(21)16-18(25-19)26(20(30)23-16)11-13-4-2-12(3-5-13)10-22-14(27)6-7-15(28)29/h2-5H,6-11H2,1H3,(H,22,27)(H,23,30)(H,28,29)(H2,21,24,25). The molecule has 0 atom stereocenters. The molecule has 0 saturated heterocycles. The minimum Gasteiger partial charge on any atom is -0.481 e. The van der Waals surface area contributed by atoms with Gasteiger partial charge in [-0.1, -0.05) is 24.3 Å². The monoisotopic (exact) mass is 444 g/mol. The smallest absolute Gasteiger partial charge is 0.328 e. The Kier molecular flexibility index (Phi) is 7.39. The molecule has 32 heavy (non-hydrogen) atoms. The number of rotatable bonds is 11. The minimum atomic E-state index is -1.02. The molecule has 0 radical (unpaired) electrons. The normalized spacial score (nSPS) is 10.9. The Bertz CT molecular complexity index is 1150. The zero-order valence-electron chi connectivity index (χ0n) is 17.5. The van der Waals surface area contributed by atoms with Crippen LogP contribution in [0.4, 0.5) is 5.82 Å². The fraction of sp³-hybridized carbons (Fsp3) is 0.350. The summed E-state index contributed by atoms with van der Waals surface area (Å²) in [7, 11) is 1.55. The highest BCUT2D eigenvalue weighted by molar-refractivity contribution is 5.82. The molecule has 0 fully saturated rings. The van der Waals surface area contributed by atoms with Crippen molar-refractivity contribution in [3.63, 3.8) is 0 Å². The van der Waals surface area contributed by atoms with E-state index in [1.54, 1.807) is 7.11 Å². The molecule has 0 spiro atoms. The van der Waals surface area contributed by atoms with Gasteiger partial charge in [0.25, 0.3) is 0 Å². The van der Waals surface area contributed by atoms with Gasteiger partial charge >= 0.3 is 17.7 Å². The second kappa shape index (κ2) is 10.4. The van der Waals surface area contributed by atoms with Gasteiger partial charge in [0, 0.05) is 20.1 Å². The summed E-state index contributed by atoms with van der Waals surface area (Å²) >= 11 is 0. The molecule has 0 aliphatic carbocycles. The van der Waals surface area contributed by atoms with Crippen LogP contribution in [0.2, 0.25) is 0 Å². The highest BCUT2D eigenvalue weighted by atomic mass is 16.5. The number of aromatic amines is 1. The number of hydrogen-bond acceptors (Lipinski definition) is 8. The number of aromatic nitrogens is 4. The first kappa shape index (κ1) is 22.7. The summed E-state index contributed by atoms with van der Waals surface area (Å²) in [5.74, 6) is -1.24. The number of nitrogens with two attached hydrogens (primary N) is 1. The highest BCUT2D eigenvalue weighted by Gasteiger charge is 2.15. The van der Waals surface area contributed by atoms with E-state index in [1.807, 2.05) is 24.3 Å². The van der Waals surface area contributed by atoms with E-state index in [0.29, 0.717) is 17.8 Å². The molecule has 1 aromatic carbocycles. The van der Waals surface area contributed by atoms with Gasteiger partial charge in [-0.15, -0.1) is 0 Å². The summed E-state index contributed by atoms with van der Waals surface area (Å²) in [4.78, 5) is 45.6. The molecule has 170 valence electrons. The zero-order chi connectivity index (χ0) is 23.1. The van der Waals surface area contributed by atoms with Gasteiger partial charge < -0.3 is 30.6 Å². The molecule has 12 heteroatoms. The molecule has 1 amide bonds. The quantitative estimate of drug-likeness (QED) is 0.302. The Morgan fingerprint density at radius 3 is 2.56 bits per heavy atom. The van der Waals surface area contributed by atoms with E-state index in [4.69, 9.17) is 20.3 Å². The van der Waals surface area contributed by atoms with Crippen molar-refractivity contribution in [3.8, 4) is 6.01 Å². The molecule has 2 aromatic heterocycles. The molecule has 0 aliphatic heterocycles. The Balaban J connectivity index is 1.70. The fourth-order valence-corrected chi connectivity index (χ4v) is 2.91. The number of carboxylic acid groups (broad SMARTS) is 1. The lowest BCUT2D eigenvalue weighted by atomic mass is 10.1. The van der Waals surface area contributed by atoms with Crippen LogP contribution in [0.5, 0.6) is 6.01 Å². The number of carbonyl (C=O) groups excluding carboxylic acids is 1. The third-order valence-electron chi connectivity index (χ3n) is 4.57. The molecule has 3 rings (SSSR count). The highest BCUT2D eigenvalue weighted by Crippen LogP contribution is 2.18. The van der Waals surface area contributed by atoms with Gasteiger partial charge in [-0.2, -0.15) is 9.97 Å². The van der Waals surface area contributed by atoms with Crippen LogP contribution in [-0.2, 0) is 27.4 Å². The summed E-state index contributed by atoms with van der Waals surface area (Å²) in [6, 6.07) is 7.33. The van der Waals surface area contributed by atoms with Crippen molar-refractivity contribution in [1.29, 1.82) is 0 Å². The van der Waals surface area contributed by atoms with E-state index in [-0.39, 0.29) is 56.0 Å². The predicted octanol–water partition coefficient (Wildman–Crippen LogP) is 0.256. The number of H-pyrrole nitrogens is 1. The Hall–Kier alpha value is -3.93. The zero-order valence-corrected chi connectivity index (χ0v) is 17.5. The average molecular weight is 444 g/mol. The summed E-state index contributed by atoms with van der Waals surface area (Å²) in [5, 5.41) is 11.3. The van der Waals surface area contributed by atoms with E-state index in [9.17, 15) is 14.4 Å². The van der Waals surface area contributed by atoms with Gasteiger partial charge in [0.1, 0.15) is 12.1 Å². The van der Waals surface area contributed by atoms with Crippen LogP contribution in [-0.4, -0.2) is 56.8 Å². The van der Waals surface area contributed by atoms with Crippen LogP contribution >= 0.6 is 0 Å². The Labute approximate surface area is 182 Å². The van der Waals surface area contributed by atoms with Crippen molar-refractivity contribution in [3.05, 3.63) is 45.9 Å². The molecule has 3 aromatic rings. The lowest BCUT2D eigenvalue weighted by Gasteiger charge is -2.08. The van der Waals surface area contributed by atoms with Gasteiger partial charge in [0.2, 0.25) is 5.91 Å². The maximum atomic E-state index is 12.5. The number of nitrogens with one attached hydrogen (secondary N) is 2. The topological polar surface area (TPSA) is 174 Å². The molecular formula is C20H24N6O6. The number of amides is 1. The maximum Gasteiger partial charge on any atom is 0.328 e. The first-order valence-electron chi connectivity index (χ1n) is 9.81. The van der Waals surface area contributed by atoms with Gasteiger partial charge in [0.15, 0.2) is 11.5 Å². The van der Waals surface area contributed by atoms with Crippen LogP contribution < -0.4 is 21.5 Å². The van der Waals surface area contributed by atoms with E-state index in [2.05, 4.69) is 20.3 Å². The van der Waals surface area contributed by atoms with E-state index >= 15 is 0 Å². The minimum absolute atomic E-state index is 0.0498. The third-order valence-corrected chi connectivity index (χ3v) is 4.57. The summed E-state index contributed by atoms with van der Waals surface area (Å²) in [6.45, 7) is 1.10. The van der Waals surface area contributed by atoms with Crippen molar-refractivity contribution in [2.24, 2.45) is 0 Å². The number of carbonyl (C=O) groups is 2. The summed E-state index contributed by atoms with van der Waals surface area (Å²) in [6.07, 6.45) is -0.281. The van der Waals surface area contributed by atoms with Crippen molar-refractivity contribution >= 4 is 28.9 Å². The first-order valence-corrected chi connectivity index (χ1v) is 9.81. The molecule has 0 aliphatic rings. The fourth-order valence-electron chi connectivity index (χ4n) is 2.91. The number of nitrogens with zero attached hydrogens (tertiary/aromatic N) is 3. The van der Waals surface area contributed by atoms with E-state index in [0.717, 1.165) is 11.1 Å². The maximum absolute atomic E-state index is 12.5. The molecule has 0 unspecified atom stereocenters. The number of imidazole rings is 1. The van der Waals surface area contributed by atoms with Crippen molar-refractivity contribution in [2.45, 2.75) is 25.9 Å². The average Bonchev–Trinajstić information content (AvgIpc) is 3.08. The number of nitrogen functional groups attached to an aromatic ring is 1. The number of ether oxygens (including phenoxy) is 2. The number of benzene rings is 1. The van der Waals surface area contributed by atoms with E-state index in [1.165, 1.54) is 4.57 Å². The molecule has 0 bridgehead atoms. The second-order valence-electron chi connectivity index (χ2n) is 6.93. The van der Waals surface area contributed by atoms with Crippen LogP contribution in [0.25, 0.3) is 11.2 Å². The largest absolute Gasteiger partial charge is 0.481 e. The van der Waals surface area contributed by atoms with Gasteiger partial charge in [0.05, 0.1) is 19.6 Å². The molecule has 5 N–H and O–H groups in total. The van der Waals surface area contributed by atoms with Crippen LogP contribution in [0.15, 0.2) is 29.1 Å². The van der Waals surface area contributed by atoms with Crippen LogP contribution in [0.1, 0.15) is 24.0 Å². The lowest BCUT2D eigenvalue weighted by Crippen LogP contribution is -2.23. The van der Waals surface area contributed by atoms with Gasteiger partial charge in [-0.05, 0) is 11.1 Å². The van der Waals surface area contributed by atoms with Crippen molar-refractivity contribution in [2.75, 3.05) is 26.1 Å². The SMILES string of the molecule is COCCOc1nc(N)c2[nH]c(=O)n(Cc3ccc(CNC(=O)CCC(=O)O)cc3)c2n1. The van der Waals surface area contributed by atoms with Crippen molar-refractivity contribution < 1.29 is 24.2 Å². The number of aliphatic carboxylic acids is 1. The van der Waals surface area contributed by atoms with Crippen molar-refractivity contribution in [1.82, 2.24) is 24.8 Å². The first-order chi connectivity index (χ1) is 15.4. The number of carboxylic acids is 1. The summed E-state index contributed by atoms with van der Waals surface area (Å²) < 4.78 is 11.8. The lowest BCUT2D eigenvalue weighted by molar-refractivity contribution is -0.138. The van der Waals surface area contributed by atoms with Crippen LogP contribution in [0, 0.1) is 0 Å². The Morgan fingerprint density at radius 2 is 1.88 bits per heavy atom. The molecule has 0 saturated carbocycles. The molecule has 12 nitrogen and oxygen atoms in total.